The average molecular weight is 277 g/mol. The van der Waals surface area contributed by atoms with Crippen LogP contribution in [0.1, 0.15) is 0 Å². The summed E-state index contributed by atoms with van der Waals surface area (Å²) < 4.78 is 6.15. The number of methoxy groups -OCH3 is 1. The minimum Gasteiger partial charge on any atom is -0.497 e. The maximum absolute atomic E-state index is 6.05. The molecule has 0 N–H and O–H groups in total. The second-order valence-corrected chi connectivity index (χ2v) is 4.96. The van der Waals surface area contributed by atoms with Gasteiger partial charge in [-0.15, -0.1) is 11.3 Å². The molecule has 0 unspecified atom stereocenters. The summed E-state index contributed by atoms with van der Waals surface area (Å²) >= 11 is 7.60. The molecule has 0 radical (unpaired) electrons. The van der Waals surface area contributed by atoms with Crippen molar-refractivity contribution in [1.82, 2.24) is 9.97 Å². The summed E-state index contributed by atoms with van der Waals surface area (Å²) in [5, 5.41) is 2.54. The first-order valence-electron chi connectivity index (χ1n) is 5.31. The molecule has 0 saturated heterocycles. The van der Waals surface area contributed by atoms with Crippen molar-refractivity contribution in [2.75, 3.05) is 7.11 Å². The Morgan fingerprint density at radius 3 is 3.00 bits per heavy atom. The number of halogens is 1. The molecule has 3 aromatic rings. The van der Waals surface area contributed by atoms with Crippen LogP contribution in [0.25, 0.3) is 21.3 Å². The molecule has 0 amide bonds. The number of thiophene rings is 1. The Morgan fingerprint density at radius 2 is 2.17 bits per heavy atom. The van der Waals surface area contributed by atoms with E-state index in [-0.39, 0.29) is 0 Å². The van der Waals surface area contributed by atoms with Gasteiger partial charge in [-0.05, 0) is 17.7 Å². The average Bonchev–Trinajstić information content (AvgIpc) is 2.84. The first-order valence-corrected chi connectivity index (χ1v) is 6.57. The van der Waals surface area contributed by atoms with Crippen LogP contribution in [-0.2, 0) is 0 Å². The van der Waals surface area contributed by atoms with E-state index in [0.29, 0.717) is 5.15 Å². The van der Waals surface area contributed by atoms with Crippen LogP contribution in [0, 0.1) is 0 Å². The highest BCUT2D eigenvalue weighted by molar-refractivity contribution is 7.18. The quantitative estimate of drug-likeness (QED) is 0.663. The van der Waals surface area contributed by atoms with Gasteiger partial charge in [-0.3, -0.25) is 0 Å². The van der Waals surface area contributed by atoms with Crippen LogP contribution in [0.3, 0.4) is 0 Å². The molecule has 2 aromatic heterocycles. The molecular formula is C13H9ClN2OS. The molecule has 0 spiro atoms. The third-order valence-electron chi connectivity index (χ3n) is 2.69. The molecule has 0 aliphatic rings. The van der Waals surface area contributed by atoms with Crippen molar-refractivity contribution in [3.05, 3.63) is 41.1 Å². The zero-order valence-electron chi connectivity index (χ0n) is 9.55. The van der Waals surface area contributed by atoms with Crippen LogP contribution in [0.2, 0.25) is 5.15 Å². The summed E-state index contributed by atoms with van der Waals surface area (Å²) in [5.74, 6) is 0.826. The molecule has 0 saturated carbocycles. The van der Waals surface area contributed by atoms with E-state index in [1.807, 2.05) is 29.6 Å². The summed E-state index contributed by atoms with van der Waals surface area (Å²) in [6.45, 7) is 0. The summed E-state index contributed by atoms with van der Waals surface area (Å²) in [6, 6.07) is 7.89. The van der Waals surface area contributed by atoms with Gasteiger partial charge in [-0.1, -0.05) is 23.7 Å². The topological polar surface area (TPSA) is 35.0 Å². The Bertz CT molecular complexity index is 711. The molecular weight excluding hydrogens is 268 g/mol. The van der Waals surface area contributed by atoms with E-state index in [9.17, 15) is 0 Å². The molecule has 3 nitrogen and oxygen atoms in total. The largest absolute Gasteiger partial charge is 0.497 e. The first kappa shape index (κ1) is 11.4. The third kappa shape index (κ3) is 1.83. The van der Waals surface area contributed by atoms with Gasteiger partial charge in [0.2, 0.25) is 0 Å². The molecule has 0 bridgehead atoms. The van der Waals surface area contributed by atoms with Gasteiger partial charge in [0.25, 0.3) is 0 Å². The molecule has 0 aliphatic heterocycles. The fourth-order valence-electron chi connectivity index (χ4n) is 1.82. The van der Waals surface area contributed by atoms with Crippen LogP contribution in [-0.4, -0.2) is 17.1 Å². The lowest BCUT2D eigenvalue weighted by Gasteiger charge is -2.03. The van der Waals surface area contributed by atoms with Gasteiger partial charge in [0.15, 0.2) is 0 Å². The van der Waals surface area contributed by atoms with Crippen LogP contribution in [0.5, 0.6) is 5.75 Å². The highest BCUT2D eigenvalue weighted by Crippen LogP contribution is 2.36. The second-order valence-electron chi connectivity index (χ2n) is 3.72. The third-order valence-corrected chi connectivity index (χ3v) is 4.07. The molecule has 3 rings (SSSR count). The number of benzene rings is 1. The summed E-state index contributed by atoms with van der Waals surface area (Å²) in [4.78, 5) is 8.30. The zero-order chi connectivity index (χ0) is 12.5. The van der Waals surface area contributed by atoms with Crippen molar-refractivity contribution in [1.29, 1.82) is 0 Å². The van der Waals surface area contributed by atoms with Crippen LogP contribution >= 0.6 is 22.9 Å². The Kier molecular flexibility index (Phi) is 2.89. The molecule has 1 aromatic carbocycles. The van der Waals surface area contributed by atoms with Gasteiger partial charge in [0.1, 0.15) is 17.2 Å². The van der Waals surface area contributed by atoms with Crippen molar-refractivity contribution < 1.29 is 4.74 Å². The van der Waals surface area contributed by atoms with Crippen LogP contribution < -0.4 is 4.74 Å². The summed E-state index contributed by atoms with van der Waals surface area (Å²) in [7, 11) is 1.66. The van der Waals surface area contributed by atoms with Crippen LogP contribution in [0.4, 0.5) is 0 Å². The second kappa shape index (κ2) is 4.55. The SMILES string of the molecule is COc1cccc(-c2csc3c(Cl)ncnc23)c1. The van der Waals surface area contributed by atoms with Gasteiger partial charge in [0.05, 0.1) is 17.3 Å². The van der Waals surface area contributed by atoms with Gasteiger partial charge in [0, 0.05) is 10.9 Å². The fourth-order valence-corrected chi connectivity index (χ4v) is 2.99. The lowest BCUT2D eigenvalue weighted by atomic mass is 10.1. The minimum absolute atomic E-state index is 0.499. The van der Waals surface area contributed by atoms with Gasteiger partial charge in [-0.2, -0.15) is 0 Å². The number of fused-ring (bicyclic) bond motifs is 1. The lowest BCUT2D eigenvalue weighted by Crippen LogP contribution is -1.84. The maximum Gasteiger partial charge on any atom is 0.150 e. The van der Waals surface area contributed by atoms with E-state index in [1.54, 1.807) is 18.4 Å². The monoisotopic (exact) mass is 276 g/mol. The standard InChI is InChI=1S/C13H9ClN2OS/c1-17-9-4-2-3-8(5-9)10-6-18-12-11(10)15-7-16-13(12)14/h2-7H,1H3. The van der Waals surface area contributed by atoms with Crippen molar-refractivity contribution in [3.63, 3.8) is 0 Å². The molecule has 90 valence electrons. The zero-order valence-corrected chi connectivity index (χ0v) is 11.1. The Hall–Kier alpha value is -1.65. The number of hydrogen-bond acceptors (Lipinski definition) is 4. The highest BCUT2D eigenvalue weighted by Gasteiger charge is 2.11. The Balaban J connectivity index is 2.22. The van der Waals surface area contributed by atoms with Crippen molar-refractivity contribution in [2.24, 2.45) is 0 Å². The molecule has 0 fully saturated rings. The van der Waals surface area contributed by atoms with Crippen molar-refractivity contribution in [3.8, 4) is 16.9 Å². The van der Waals surface area contributed by atoms with E-state index in [2.05, 4.69) is 9.97 Å². The lowest BCUT2D eigenvalue weighted by molar-refractivity contribution is 0.415. The molecule has 0 atom stereocenters. The Morgan fingerprint density at radius 1 is 1.28 bits per heavy atom. The van der Waals surface area contributed by atoms with E-state index < -0.39 is 0 Å². The molecule has 2 heterocycles. The fraction of sp³-hybridized carbons (Fsp3) is 0.0769. The number of rotatable bonds is 2. The minimum atomic E-state index is 0.499. The number of ether oxygens (including phenoxy) is 1. The predicted octanol–water partition coefficient (Wildman–Crippen LogP) is 4.02. The van der Waals surface area contributed by atoms with Gasteiger partial charge in [-0.25, -0.2) is 9.97 Å². The highest BCUT2D eigenvalue weighted by atomic mass is 35.5. The van der Waals surface area contributed by atoms with E-state index >= 15 is 0 Å². The van der Waals surface area contributed by atoms with Crippen molar-refractivity contribution in [2.45, 2.75) is 0 Å². The molecule has 5 heteroatoms. The predicted molar refractivity (Wildman–Crippen MR) is 74.4 cm³/mol. The summed E-state index contributed by atoms with van der Waals surface area (Å²) in [5.41, 5.74) is 3.00. The Labute approximate surface area is 113 Å². The number of aromatic nitrogens is 2. The summed E-state index contributed by atoms with van der Waals surface area (Å²) in [6.07, 6.45) is 1.49. The smallest absolute Gasteiger partial charge is 0.150 e. The number of hydrogen-bond donors (Lipinski definition) is 0. The first-order chi connectivity index (χ1) is 8.79. The maximum atomic E-state index is 6.05. The number of nitrogens with zero attached hydrogens (tertiary/aromatic N) is 2. The van der Waals surface area contributed by atoms with E-state index in [0.717, 1.165) is 27.1 Å². The molecule has 18 heavy (non-hydrogen) atoms. The van der Waals surface area contributed by atoms with Gasteiger partial charge < -0.3 is 4.74 Å². The van der Waals surface area contributed by atoms with Gasteiger partial charge >= 0.3 is 0 Å². The normalized spacial score (nSPS) is 10.8. The van der Waals surface area contributed by atoms with Crippen LogP contribution in [0.15, 0.2) is 36.0 Å². The van der Waals surface area contributed by atoms with E-state index in [1.165, 1.54) is 6.33 Å². The van der Waals surface area contributed by atoms with E-state index in [4.69, 9.17) is 16.3 Å². The molecule has 0 aliphatic carbocycles. The van der Waals surface area contributed by atoms with Crippen molar-refractivity contribution >= 4 is 33.2 Å².